The number of phenolic OH excluding ortho intramolecular Hbond substituents is 1. The number of aliphatic hydroxyl groups excluding tert-OH is 2. The molecule has 1 aliphatic heterocycles. The number of benzene rings is 1. The van der Waals surface area contributed by atoms with E-state index in [4.69, 9.17) is 14.6 Å². The van der Waals surface area contributed by atoms with Crippen LogP contribution >= 0.6 is 11.3 Å². The number of amides is 1. The minimum atomic E-state index is -0.871. The first kappa shape index (κ1) is 21.8. The summed E-state index contributed by atoms with van der Waals surface area (Å²) in [6, 6.07) is 7.04. The van der Waals surface area contributed by atoms with Gasteiger partial charge in [-0.05, 0) is 36.1 Å². The van der Waals surface area contributed by atoms with E-state index < -0.39 is 23.5 Å². The third kappa shape index (κ3) is 4.33. The molecular formula is C21H23NO7S. The number of hydrogen-bond donors (Lipinski definition) is 3. The molecule has 160 valence electrons. The van der Waals surface area contributed by atoms with Crippen LogP contribution in [0.3, 0.4) is 0 Å². The number of hydrogen-bond acceptors (Lipinski definition) is 8. The van der Waals surface area contributed by atoms with E-state index in [1.807, 2.05) is 0 Å². The predicted molar refractivity (Wildman–Crippen MR) is 110 cm³/mol. The quantitative estimate of drug-likeness (QED) is 0.389. The van der Waals surface area contributed by atoms with Crippen molar-refractivity contribution in [2.24, 2.45) is 0 Å². The highest BCUT2D eigenvalue weighted by Crippen LogP contribution is 2.41. The summed E-state index contributed by atoms with van der Waals surface area (Å²) in [6.07, 6.45) is 0. The molecular weight excluding hydrogens is 410 g/mol. The third-order valence-electron chi connectivity index (χ3n) is 4.60. The van der Waals surface area contributed by atoms with Crippen LogP contribution in [-0.4, -0.2) is 64.9 Å². The number of rotatable bonds is 10. The fourth-order valence-corrected chi connectivity index (χ4v) is 3.98. The second kappa shape index (κ2) is 9.75. The van der Waals surface area contributed by atoms with E-state index in [0.29, 0.717) is 17.0 Å². The number of aliphatic hydroxyl groups is 2. The Bertz CT molecular complexity index is 939. The van der Waals surface area contributed by atoms with Crippen molar-refractivity contribution in [1.82, 2.24) is 4.90 Å². The van der Waals surface area contributed by atoms with E-state index in [-0.39, 0.29) is 43.4 Å². The van der Waals surface area contributed by atoms with Gasteiger partial charge in [-0.1, -0.05) is 12.1 Å². The Morgan fingerprint density at radius 1 is 1.23 bits per heavy atom. The molecule has 2 aromatic rings. The lowest BCUT2D eigenvalue weighted by molar-refractivity contribution is -0.130. The number of ketones is 1. The fraction of sp³-hybridized carbons (Fsp3) is 0.333. The second-order valence-electron chi connectivity index (χ2n) is 6.47. The molecule has 3 N–H and O–H groups in total. The van der Waals surface area contributed by atoms with Crippen molar-refractivity contribution in [1.29, 1.82) is 0 Å². The van der Waals surface area contributed by atoms with Crippen LogP contribution in [0, 0.1) is 0 Å². The van der Waals surface area contributed by atoms with Crippen LogP contribution in [0.2, 0.25) is 0 Å². The Labute approximate surface area is 177 Å². The van der Waals surface area contributed by atoms with Gasteiger partial charge in [0.05, 0.1) is 42.9 Å². The first-order valence-electron chi connectivity index (χ1n) is 9.46. The van der Waals surface area contributed by atoms with Gasteiger partial charge in [0.1, 0.15) is 0 Å². The van der Waals surface area contributed by atoms with Crippen molar-refractivity contribution in [3.8, 4) is 11.5 Å². The summed E-state index contributed by atoms with van der Waals surface area (Å²) < 4.78 is 10.7. The van der Waals surface area contributed by atoms with Crippen molar-refractivity contribution >= 4 is 23.0 Å². The lowest BCUT2D eigenvalue weighted by Gasteiger charge is -2.27. The van der Waals surface area contributed by atoms with Gasteiger partial charge in [0.15, 0.2) is 17.3 Å². The molecule has 0 unspecified atom stereocenters. The normalized spacial score (nSPS) is 16.4. The van der Waals surface area contributed by atoms with Crippen LogP contribution in [0.1, 0.15) is 28.2 Å². The topological polar surface area (TPSA) is 117 Å². The molecule has 0 radical (unpaired) electrons. The zero-order chi connectivity index (χ0) is 21.7. The lowest BCUT2D eigenvalue weighted by atomic mass is 9.95. The average Bonchev–Trinajstić information content (AvgIpc) is 3.35. The molecule has 1 aromatic carbocycles. The number of aromatic hydroxyl groups is 1. The minimum Gasteiger partial charge on any atom is -0.504 e. The first-order valence-corrected chi connectivity index (χ1v) is 10.3. The van der Waals surface area contributed by atoms with Crippen LogP contribution in [0.5, 0.6) is 11.5 Å². The highest BCUT2D eigenvalue weighted by molar-refractivity contribution is 7.12. The summed E-state index contributed by atoms with van der Waals surface area (Å²) in [4.78, 5) is 27.7. The van der Waals surface area contributed by atoms with Crippen molar-refractivity contribution in [2.45, 2.75) is 13.0 Å². The number of carbonyl (C=O) groups is 2. The predicted octanol–water partition coefficient (Wildman–Crippen LogP) is 2.44. The smallest absolute Gasteiger partial charge is 0.290 e. The van der Waals surface area contributed by atoms with Crippen LogP contribution in [0.4, 0.5) is 0 Å². The Hall–Kier alpha value is -2.88. The van der Waals surface area contributed by atoms with Crippen molar-refractivity contribution in [3.63, 3.8) is 0 Å². The largest absolute Gasteiger partial charge is 0.504 e. The number of nitrogens with zero attached hydrogens (tertiary/aromatic N) is 1. The third-order valence-corrected chi connectivity index (χ3v) is 5.47. The zero-order valence-corrected chi connectivity index (χ0v) is 17.2. The molecule has 0 aliphatic carbocycles. The molecule has 1 aromatic heterocycles. The minimum absolute atomic E-state index is 0.0299. The van der Waals surface area contributed by atoms with E-state index in [1.54, 1.807) is 36.6 Å². The number of ether oxygens (including phenoxy) is 2. The fourth-order valence-electron chi connectivity index (χ4n) is 3.30. The Morgan fingerprint density at radius 3 is 2.70 bits per heavy atom. The molecule has 0 saturated heterocycles. The summed E-state index contributed by atoms with van der Waals surface area (Å²) in [6.45, 7) is 2.26. The van der Waals surface area contributed by atoms with Gasteiger partial charge in [-0.25, -0.2) is 0 Å². The van der Waals surface area contributed by atoms with Crippen LogP contribution in [0.25, 0.3) is 0 Å². The Balaban J connectivity index is 2.02. The summed E-state index contributed by atoms with van der Waals surface area (Å²) in [7, 11) is 0. The number of thiophene rings is 1. The first-order chi connectivity index (χ1) is 14.5. The lowest BCUT2D eigenvalue weighted by Crippen LogP contribution is -2.34. The van der Waals surface area contributed by atoms with Gasteiger partial charge in [-0.2, -0.15) is 0 Å². The highest BCUT2D eigenvalue weighted by Gasteiger charge is 2.44. The molecule has 8 nitrogen and oxygen atoms in total. The van der Waals surface area contributed by atoms with E-state index in [0.717, 1.165) is 0 Å². The summed E-state index contributed by atoms with van der Waals surface area (Å²) >= 11 is 1.22. The molecule has 0 saturated carbocycles. The average molecular weight is 433 g/mol. The molecule has 0 spiro atoms. The number of Topliss-reactive ketones (excluding diaryl/α,β-unsaturated/α-hetero) is 1. The Kier molecular flexibility index (Phi) is 7.09. The summed E-state index contributed by atoms with van der Waals surface area (Å²) in [5.74, 6) is -1.58. The number of phenols is 1. The monoisotopic (exact) mass is 433 g/mol. The maximum Gasteiger partial charge on any atom is 0.290 e. The van der Waals surface area contributed by atoms with E-state index in [2.05, 4.69) is 0 Å². The van der Waals surface area contributed by atoms with E-state index >= 15 is 0 Å². The molecule has 1 atom stereocenters. The van der Waals surface area contributed by atoms with Gasteiger partial charge in [-0.15, -0.1) is 11.3 Å². The molecule has 3 rings (SSSR count). The molecule has 1 aliphatic rings. The van der Waals surface area contributed by atoms with Crippen molar-refractivity contribution < 1.29 is 34.4 Å². The second-order valence-corrected chi connectivity index (χ2v) is 7.41. The van der Waals surface area contributed by atoms with Gasteiger partial charge in [-0.3, -0.25) is 9.59 Å². The van der Waals surface area contributed by atoms with Gasteiger partial charge in [0, 0.05) is 6.54 Å². The van der Waals surface area contributed by atoms with Gasteiger partial charge >= 0.3 is 0 Å². The molecule has 1 amide bonds. The van der Waals surface area contributed by atoms with Gasteiger partial charge in [0.25, 0.3) is 5.91 Å². The van der Waals surface area contributed by atoms with Crippen molar-refractivity contribution in [3.05, 3.63) is 57.5 Å². The maximum absolute atomic E-state index is 13.1. The van der Waals surface area contributed by atoms with Crippen LogP contribution < -0.4 is 4.74 Å². The van der Waals surface area contributed by atoms with E-state index in [9.17, 15) is 19.8 Å². The van der Waals surface area contributed by atoms with Crippen molar-refractivity contribution in [2.75, 3.05) is 33.0 Å². The highest BCUT2D eigenvalue weighted by atomic mass is 32.1. The van der Waals surface area contributed by atoms with E-state index in [1.165, 1.54) is 22.3 Å². The molecule has 9 heteroatoms. The molecule has 2 heterocycles. The Morgan fingerprint density at radius 2 is 2.03 bits per heavy atom. The standard InChI is InChI=1S/C21H23NO7S/c1-2-29-15-12-13(5-6-14(15)24)18-17(19(25)16-4-3-11-30-16)20(26)21(27)22(18)7-9-28-10-8-23/h3-6,11-12,18,23-24,26H,2,7-10H2,1H3/t18-/m1/s1. The molecule has 0 fully saturated rings. The number of carbonyl (C=O) groups excluding carboxylic acids is 2. The summed E-state index contributed by atoms with van der Waals surface area (Å²) in [5, 5.41) is 31.2. The molecule has 0 bridgehead atoms. The van der Waals surface area contributed by atoms with Gasteiger partial charge in [0.2, 0.25) is 5.78 Å². The zero-order valence-electron chi connectivity index (χ0n) is 16.4. The maximum atomic E-state index is 13.1. The van der Waals surface area contributed by atoms with Crippen LogP contribution in [-0.2, 0) is 9.53 Å². The summed E-state index contributed by atoms with van der Waals surface area (Å²) in [5.41, 5.74) is 0.480. The van der Waals surface area contributed by atoms with Crippen LogP contribution in [0.15, 0.2) is 47.0 Å². The van der Waals surface area contributed by atoms with Gasteiger partial charge < -0.3 is 29.7 Å². The molecule has 30 heavy (non-hydrogen) atoms. The SMILES string of the molecule is CCOc1cc([C@@H]2C(C(=O)c3cccs3)=C(O)C(=O)N2CCOCCO)ccc1O.